The van der Waals surface area contributed by atoms with Crippen molar-refractivity contribution in [3.8, 4) is 17.2 Å². The number of ether oxygens (including phenoxy) is 2. The first-order valence-electron chi connectivity index (χ1n) is 12.5. The molecule has 0 bridgehead atoms. The summed E-state index contributed by atoms with van der Waals surface area (Å²) in [7, 11) is 1.58. The quantitative estimate of drug-likeness (QED) is 0.111. The standard InChI is InChI=1S/C31H26N4O4S/c1-38-27-17-16-23(18-28(27)39-20-22-10-4-2-5-11-22)19-32-34-29(36)21-40-31-33-26-15-9-8-14-25(26)30(37)35(31)24-12-6-3-7-13-24/h2-19H,20-21H2,1H3,(H,34,36)/b32-19-. The average Bonchev–Trinajstić information content (AvgIpc) is 3.00. The molecule has 0 aliphatic heterocycles. The number of rotatable bonds is 10. The normalized spacial score (nSPS) is 11.0. The summed E-state index contributed by atoms with van der Waals surface area (Å²) in [5.74, 6) is 0.847. The first-order chi connectivity index (χ1) is 19.6. The number of hydrogen-bond donors (Lipinski definition) is 1. The number of carbonyl (C=O) groups excluding carboxylic acids is 1. The van der Waals surface area contributed by atoms with Crippen molar-refractivity contribution in [2.24, 2.45) is 5.10 Å². The van der Waals surface area contributed by atoms with Crippen molar-refractivity contribution >= 4 is 34.8 Å². The van der Waals surface area contributed by atoms with Gasteiger partial charge in [-0.3, -0.25) is 14.2 Å². The molecule has 0 saturated carbocycles. The van der Waals surface area contributed by atoms with Crippen LogP contribution in [-0.4, -0.2) is 34.5 Å². The van der Waals surface area contributed by atoms with Crippen LogP contribution in [0.15, 0.2) is 118 Å². The molecule has 0 fully saturated rings. The van der Waals surface area contributed by atoms with Crippen LogP contribution in [0, 0.1) is 0 Å². The van der Waals surface area contributed by atoms with Gasteiger partial charge in [-0.25, -0.2) is 10.4 Å². The number of hydrazone groups is 1. The summed E-state index contributed by atoms with van der Waals surface area (Å²) < 4.78 is 12.9. The topological polar surface area (TPSA) is 94.8 Å². The number of carbonyl (C=O) groups is 1. The van der Waals surface area contributed by atoms with Crippen molar-refractivity contribution in [1.29, 1.82) is 0 Å². The smallest absolute Gasteiger partial charge is 0.266 e. The zero-order chi connectivity index (χ0) is 27.7. The maximum atomic E-state index is 13.3. The Bertz CT molecular complexity index is 1710. The lowest BCUT2D eigenvalue weighted by Gasteiger charge is -2.13. The van der Waals surface area contributed by atoms with E-state index < -0.39 is 0 Å². The molecule has 0 unspecified atom stereocenters. The second-order valence-corrected chi connectivity index (χ2v) is 9.60. The van der Waals surface area contributed by atoms with Crippen LogP contribution in [0.1, 0.15) is 11.1 Å². The molecule has 5 rings (SSSR count). The van der Waals surface area contributed by atoms with E-state index in [1.165, 1.54) is 22.5 Å². The molecule has 5 aromatic rings. The molecule has 8 nitrogen and oxygen atoms in total. The van der Waals surface area contributed by atoms with Gasteiger partial charge >= 0.3 is 0 Å². The number of amides is 1. The molecule has 1 heterocycles. The van der Waals surface area contributed by atoms with Crippen molar-refractivity contribution in [2.75, 3.05) is 12.9 Å². The molecule has 40 heavy (non-hydrogen) atoms. The van der Waals surface area contributed by atoms with Crippen LogP contribution in [0.5, 0.6) is 11.5 Å². The van der Waals surface area contributed by atoms with Crippen LogP contribution in [0.2, 0.25) is 0 Å². The molecule has 0 aliphatic rings. The predicted molar refractivity (Wildman–Crippen MR) is 158 cm³/mol. The fourth-order valence-electron chi connectivity index (χ4n) is 3.98. The molecule has 0 radical (unpaired) electrons. The Morgan fingerprint density at radius 3 is 2.45 bits per heavy atom. The third-order valence-electron chi connectivity index (χ3n) is 5.92. The summed E-state index contributed by atoms with van der Waals surface area (Å²) in [5, 5.41) is 5.02. The number of hydrogen-bond acceptors (Lipinski definition) is 7. The van der Waals surface area contributed by atoms with Gasteiger partial charge in [-0.2, -0.15) is 5.10 Å². The molecule has 0 saturated heterocycles. The molecule has 0 atom stereocenters. The lowest BCUT2D eigenvalue weighted by Crippen LogP contribution is -2.24. The van der Waals surface area contributed by atoms with E-state index in [4.69, 9.17) is 9.47 Å². The van der Waals surface area contributed by atoms with Gasteiger partial charge in [0.05, 0.1) is 35.7 Å². The fourth-order valence-corrected chi connectivity index (χ4v) is 4.78. The van der Waals surface area contributed by atoms with Crippen LogP contribution < -0.4 is 20.5 Å². The minimum atomic E-state index is -0.336. The first kappa shape index (κ1) is 26.7. The van der Waals surface area contributed by atoms with Gasteiger partial charge in [-0.15, -0.1) is 0 Å². The molecule has 1 amide bonds. The van der Waals surface area contributed by atoms with Gasteiger partial charge < -0.3 is 9.47 Å². The second kappa shape index (κ2) is 12.8. The molecule has 1 N–H and O–H groups in total. The van der Waals surface area contributed by atoms with E-state index in [1.807, 2.05) is 72.8 Å². The Morgan fingerprint density at radius 2 is 1.68 bits per heavy atom. The van der Waals surface area contributed by atoms with Crippen molar-refractivity contribution in [3.05, 3.63) is 125 Å². The van der Waals surface area contributed by atoms with Gasteiger partial charge in [-0.05, 0) is 53.6 Å². The van der Waals surface area contributed by atoms with Gasteiger partial charge in [0.1, 0.15) is 6.61 Å². The summed E-state index contributed by atoms with van der Waals surface area (Å²) in [6.07, 6.45) is 1.53. The second-order valence-electron chi connectivity index (χ2n) is 8.65. The minimum Gasteiger partial charge on any atom is -0.493 e. The summed E-state index contributed by atoms with van der Waals surface area (Å²) in [6, 6.07) is 31.6. The monoisotopic (exact) mass is 550 g/mol. The van der Waals surface area contributed by atoms with E-state index in [-0.39, 0.29) is 17.2 Å². The number of fused-ring (bicyclic) bond motifs is 1. The Labute approximate surface area is 235 Å². The number of methoxy groups -OCH3 is 1. The largest absolute Gasteiger partial charge is 0.493 e. The fraction of sp³-hybridized carbons (Fsp3) is 0.0968. The van der Waals surface area contributed by atoms with Gasteiger partial charge in [-0.1, -0.05) is 72.4 Å². The number of aromatic nitrogens is 2. The van der Waals surface area contributed by atoms with Crippen LogP contribution in [0.3, 0.4) is 0 Å². The number of nitrogens with one attached hydrogen (secondary N) is 1. The van der Waals surface area contributed by atoms with E-state index in [0.29, 0.717) is 39.9 Å². The first-order valence-corrected chi connectivity index (χ1v) is 13.5. The number of thioether (sulfide) groups is 1. The Balaban J connectivity index is 1.26. The maximum Gasteiger partial charge on any atom is 0.266 e. The molecule has 9 heteroatoms. The lowest BCUT2D eigenvalue weighted by atomic mass is 10.2. The Morgan fingerprint density at radius 1 is 0.950 bits per heavy atom. The van der Waals surface area contributed by atoms with E-state index >= 15 is 0 Å². The lowest BCUT2D eigenvalue weighted by molar-refractivity contribution is -0.118. The van der Waals surface area contributed by atoms with E-state index in [9.17, 15) is 9.59 Å². The average molecular weight is 551 g/mol. The highest BCUT2D eigenvalue weighted by Crippen LogP contribution is 2.28. The number of para-hydroxylation sites is 2. The van der Waals surface area contributed by atoms with Crippen molar-refractivity contribution in [2.45, 2.75) is 11.8 Å². The third-order valence-corrected chi connectivity index (χ3v) is 6.86. The summed E-state index contributed by atoms with van der Waals surface area (Å²) in [6.45, 7) is 0.391. The third kappa shape index (κ3) is 6.39. The van der Waals surface area contributed by atoms with Gasteiger partial charge in [0.2, 0.25) is 0 Å². The molecule has 4 aromatic carbocycles. The number of nitrogens with zero attached hydrogens (tertiary/aromatic N) is 3. The maximum absolute atomic E-state index is 13.3. The zero-order valence-corrected chi connectivity index (χ0v) is 22.5. The van der Waals surface area contributed by atoms with Gasteiger partial charge in [0.25, 0.3) is 11.5 Å². The Hall–Kier alpha value is -4.89. The van der Waals surface area contributed by atoms with Crippen LogP contribution in [0.4, 0.5) is 0 Å². The molecular formula is C31H26N4O4S. The van der Waals surface area contributed by atoms with Crippen molar-refractivity contribution in [3.63, 3.8) is 0 Å². The molecule has 1 aromatic heterocycles. The molecule has 0 spiro atoms. The summed E-state index contributed by atoms with van der Waals surface area (Å²) >= 11 is 1.17. The van der Waals surface area contributed by atoms with Crippen molar-refractivity contribution in [1.82, 2.24) is 15.0 Å². The highest BCUT2D eigenvalue weighted by molar-refractivity contribution is 7.99. The number of benzene rings is 4. The van der Waals surface area contributed by atoms with Gasteiger partial charge in [0.15, 0.2) is 16.7 Å². The van der Waals surface area contributed by atoms with Crippen LogP contribution >= 0.6 is 11.8 Å². The zero-order valence-electron chi connectivity index (χ0n) is 21.7. The molecule has 200 valence electrons. The highest BCUT2D eigenvalue weighted by Gasteiger charge is 2.14. The van der Waals surface area contributed by atoms with Crippen molar-refractivity contribution < 1.29 is 14.3 Å². The highest BCUT2D eigenvalue weighted by atomic mass is 32.2. The molecule has 0 aliphatic carbocycles. The SMILES string of the molecule is COc1ccc(/C=N\NC(=O)CSc2nc3ccccc3c(=O)n2-c2ccccc2)cc1OCc1ccccc1. The minimum absolute atomic E-state index is 0.0169. The summed E-state index contributed by atoms with van der Waals surface area (Å²) in [5.41, 5.74) is 5.36. The van der Waals surface area contributed by atoms with E-state index in [1.54, 1.807) is 37.4 Å². The predicted octanol–water partition coefficient (Wildman–Crippen LogP) is 5.22. The van der Waals surface area contributed by atoms with Crippen LogP contribution in [-0.2, 0) is 11.4 Å². The van der Waals surface area contributed by atoms with E-state index in [0.717, 1.165) is 11.1 Å². The summed E-state index contributed by atoms with van der Waals surface area (Å²) in [4.78, 5) is 30.6. The van der Waals surface area contributed by atoms with E-state index in [2.05, 4.69) is 15.5 Å². The van der Waals surface area contributed by atoms with Gasteiger partial charge in [0, 0.05) is 0 Å². The van der Waals surface area contributed by atoms with Crippen LogP contribution in [0.25, 0.3) is 16.6 Å². The molecular weight excluding hydrogens is 524 g/mol. The Kier molecular flexibility index (Phi) is 8.53.